The zero-order chi connectivity index (χ0) is 17.1. The minimum atomic E-state index is 0.322. The number of rotatable bonds is 4. The standard InChI is InChI=1S/C19H18N4OS/c20-11-15-3-1-2-4-16(15)12-23-8-5-14(6-9-23)18-21-22-19(24-18)17-7-10-25-13-17/h1-4,7,10,13-14H,5-6,8-9,12H2. The van der Waals surface area contributed by atoms with Gasteiger partial charge in [0.1, 0.15) is 0 Å². The molecule has 0 bridgehead atoms. The molecule has 0 N–H and O–H groups in total. The molecule has 1 fully saturated rings. The lowest BCUT2D eigenvalue weighted by atomic mass is 9.96. The summed E-state index contributed by atoms with van der Waals surface area (Å²) in [6.45, 7) is 2.77. The third-order valence-electron chi connectivity index (χ3n) is 4.68. The molecule has 126 valence electrons. The van der Waals surface area contributed by atoms with E-state index in [0.717, 1.165) is 55.1 Å². The van der Waals surface area contributed by atoms with Crippen molar-refractivity contribution in [3.63, 3.8) is 0 Å². The second kappa shape index (κ2) is 7.18. The Morgan fingerprint density at radius 3 is 2.80 bits per heavy atom. The van der Waals surface area contributed by atoms with E-state index in [4.69, 9.17) is 4.42 Å². The first-order valence-electron chi connectivity index (χ1n) is 8.40. The Hall–Kier alpha value is -2.49. The number of nitriles is 1. The molecule has 1 saturated heterocycles. The van der Waals surface area contributed by atoms with Crippen LogP contribution in [-0.2, 0) is 6.54 Å². The predicted octanol–water partition coefficient (Wildman–Crippen LogP) is 4.05. The summed E-state index contributed by atoms with van der Waals surface area (Å²) in [4.78, 5) is 2.39. The summed E-state index contributed by atoms with van der Waals surface area (Å²) in [5.41, 5.74) is 2.86. The third kappa shape index (κ3) is 3.48. The predicted molar refractivity (Wildman–Crippen MR) is 96.0 cm³/mol. The van der Waals surface area contributed by atoms with Gasteiger partial charge >= 0.3 is 0 Å². The molecular formula is C19H18N4OS. The molecule has 3 heterocycles. The summed E-state index contributed by atoms with van der Waals surface area (Å²) in [7, 11) is 0. The van der Waals surface area contributed by atoms with E-state index in [1.165, 1.54) is 0 Å². The van der Waals surface area contributed by atoms with Crippen LogP contribution in [0.25, 0.3) is 11.5 Å². The summed E-state index contributed by atoms with van der Waals surface area (Å²) >= 11 is 1.63. The second-order valence-electron chi connectivity index (χ2n) is 6.28. The molecule has 0 radical (unpaired) electrons. The number of benzene rings is 1. The zero-order valence-electron chi connectivity index (χ0n) is 13.8. The van der Waals surface area contributed by atoms with Crippen molar-refractivity contribution in [1.82, 2.24) is 15.1 Å². The van der Waals surface area contributed by atoms with Crippen LogP contribution in [0.5, 0.6) is 0 Å². The van der Waals surface area contributed by atoms with Gasteiger partial charge in [0.25, 0.3) is 0 Å². The van der Waals surface area contributed by atoms with Crippen LogP contribution in [0.2, 0.25) is 0 Å². The molecular weight excluding hydrogens is 332 g/mol. The second-order valence-corrected chi connectivity index (χ2v) is 7.06. The van der Waals surface area contributed by atoms with E-state index in [1.807, 2.05) is 41.1 Å². The van der Waals surface area contributed by atoms with E-state index in [-0.39, 0.29) is 0 Å². The van der Waals surface area contributed by atoms with Crippen LogP contribution in [-0.4, -0.2) is 28.2 Å². The molecule has 0 aliphatic carbocycles. The Kier molecular flexibility index (Phi) is 4.59. The molecule has 0 unspecified atom stereocenters. The number of thiophene rings is 1. The van der Waals surface area contributed by atoms with Crippen LogP contribution in [0.3, 0.4) is 0 Å². The minimum Gasteiger partial charge on any atom is -0.420 e. The Bertz CT molecular complexity index is 873. The van der Waals surface area contributed by atoms with Gasteiger partial charge in [-0.15, -0.1) is 10.2 Å². The number of hydrogen-bond donors (Lipinski definition) is 0. The molecule has 25 heavy (non-hydrogen) atoms. The molecule has 2 aromatic heterocycles. The van der Waals surface area contributed by atoms with Crippen LogP contribution in [0, 0.1) is 11.3 Å². The lowest BCUT2D eigenvalue weighted by Gasteiger charge is -2.30. The summed E-state index contributed by atoms with van der Waals surface area (Å²) in [6.07, 6.45) is 2.00. The van der Waals surface area contributed by atoms with Crippen molar-refractivity contribution < 1.29 is 4.42 Å². The number of piperidine rings is 1. The molecule has 1 aliphatic heterocycles. The van der Waals surface area contributed by atoms with Crippen molar-refractivity contribution in [2.45, 2.75) is 25.3 Å². The van der Waals surface area contributed by atoms with Crippen LogP contribution in [0.4, 0.5) is 0 Å². The van der Waals surface area contributed by atoms with E-state index in [0.29, 0.717) is 11.8 Å². The maximum absolute atomic E-state index is 9.22. The van der Waals surface area contributed by atoms with Crippen molar-refractivity contribution in [3.8, 4) is 17.5 Å². The number of nitrogens with zero attached hydrogens (tertiary/aromatic N) is 4. The van der Waals surface area contributed by atoms with Gasteiger partial charge in [-0.05, 0) is 49.0 Å². The lowest BCUT2D eigenvalue weighted by Crippen LogP contribution is -2.32. The highest BCUT2D eigenvalue weighted by molar-refractivity contribution is 7.08. The fourth-order valence-electron chi connectivity index (χ4n) is 3.25. The van der Waals surface area contributed by atoms with Crippen LogP contribution in [0.1, 0.15) is 35.8 Å². The largest absolute Gasteiger partial charge is 0.420 e. The Labute approximate surface area is 150 Å². The quantitative estimate of drug-likeness (QED) is 0.710. The topological polar surface area (TPSA) is 66.0 Å². The molecule has 3 aromatic rings. The lowest BCUT2D eigenvalue weighted by molar-refractivity contribution is 0.193. The molecule has 0 saturated carbocycles. The number of hydrogen-bond acceptors (Lipinski definition) is 6. The van der Waals surface area contributed by atoms with E-state index in [9.17, 15) is 5.26 Å². The molecule has 1 aliphatic rings. The molecule has 5 nitrogen and oxygen atoms in total. The van der Waals surface area contributed by atoms with Gasteiger partial charge in [-0.1, -0.05) is 18.2 Å². The maximum atomic E-state index is 9.22. The highest BCUT2D eigenvalue weighted by Crippen LogP contribution is 2.30. The average molecular weight is 350 g/mol. The zero-order valence-corrected chi connectivity index (χ0v) is 14.6. The molecule has 0 amide bonds. The first kappa shape index (κ1) is 16.0. The van der Waals surface area contributed by atoms with Gasteiger partial charge in [0.05, 0.1) is 11.6 Å². The fourth-order valence-corrected chi connectivity index (χ4v) is 3.88. The Morgan fingerprint density at radius 1 is 1.20 bits per heavy atom. The molecule has 4 rings (SSSR count). The monoisotopic (exact) mass is 350 g/mol. The van der Waals surface area contributed by atoms with Gasteiger partial charge < -0.3 is 4.42 Å². The fraction of sp³-hybridized carbons (Fsp3) is 0.316. The number of likely N-dealkylation sites (tertiary alicyclic amines) is 1. The first-order chi connectivity index (χ1) is 12.3. The van der Waals surface area contributed by atoms with Crippen LogP contribution in [0.15, 0.2) is 45.5 Å². The van der Waals surface area contributed by atoms with Crippen molar-refractivity contribution in [2.24, 2.45) is 0 Å². The SMILES string of the molecule is N#Cc1ccccc1CN1CCC(c2nnc(-c3ccsc3)o2)CC1. The maximum Gasteiger partial charge on any atom is 0.248 e. The van der Waals surface area contributed by atoms with Gasteiger partial charge in [0.2, 0.25) is 11.8 Å². The van der Waals surface area contributed by atoms with E-state index >= 15 is 0 Å². The molecule has 0 atom stereocenters. The van der Waals surface area contributed by atoms with Crippen LogP contribution >= 0.6 is 11.3 Å². The van der Waals surface area contributed by atoms with Gasteiger partial charge in [-0.25, -0.2) is 0 Å². The van der Waals surface area contributed by atoms with Gasteiger partial charge in [-0.2, -0.15) is 16.6 Å². The summed E-state index contributed by atoms with van der Waals surface area (Å²) in [6, 6.07) is 12.1. The Morgan fingerprint density at radius 2 is 2.04 bits per heavy atom. The van der Waals surface area contributed by atoms with E-state index in [2.05, 4.69) is 21.2 Å². The first-order valence-corrected chi connectivity index (χ1v) is 9.34. The molecule has 1 aromatic carbocycles. The highest BCUT2D eigenvalue weighted by Gasteiger charge is 2.25. The highest BCUT2D eigenvalue weighted by atomic mass is 32.1. The normalized spacial score (nSPS) is 16.0. The van der Waals surface area contributed by atoms with E-state index < -0.39 is 0 Å². The van der Waals surface area contributed by atoms with Gasteiger partial charge in [0, 0.05) is 23.4 Å². The summed E-state index contributed by atoms with van der Waals surface area (Å²) in [5, 5.41) is 21.7. The average Bonchev–Trinajstić information content (AvgIpc) is 3.34. The number of aromatic nitrogens is 2. The third-order valence-corrected chi connectivity index (χ3v) is 5.36. The van der Waals surface area contributed by atoms with Crippen molar-refractivity contribution in [3.05, 3.63) is 58.1 Å². The van der Waals surface area contributed by atoms with Crippen LogP contribution < -0.4 is 0 Å². The van der Waals surface area contributed by atoms with Crippen molar-refractivity contribution in [2.75, 3.05) is 13.1 Å². The smallest absolute Gasteiger partial charge is 0.248 e. The molecule has 0 spiro atoms. The summed E-state index contributed by atoms with van der Waals surface area (Å²) in [5.74, 6) is 1.68. The Balaban J connectivity index is 1.38. The molecule has 6 heteroatoms. The van der Waals surface area contributed by atoms with Gasteiger partial charge in [-0.3, -0.25) is 4.90 Å². The van der Waals surface area contributed by atoms with Crippen molar-refractivity contribution >= 4 is 11.3 Å². The summed E-state index contributed by atoms with van der Waals surface area (Å²) < 4.78 is 5.88. The minimum absolute atomic E-state index is 0.322. The van der Waals surface area contributed by atoms with Crippen molar-refractivity contribution in [1.29, 1.82) is 5.26 Å². The van der Waals surface area contributed by atoms with E-state index in [1.54, 1.807) is 11.3 Å². The van der Waals surface area contributed by atoms with Gasteiger partial charge in [0.15, 0.2) is 0 Å².